The van der Waals surface area contributed by atoms with E-state index in [4.69, 9.17) is 0 Å². The lowest BCUT2D eigenvalue weighted by molar-refractivity contribution is 1.35. The molecule has 0 bridgehead atoms. The highest BCUT2D eigenvalue weighted by Crippen LogP contribution is 2.15. The van der Waals surface area contributed by atoms with Crippen LogP contribution in [0.4, 0.5) is 11.4 Å². The van der Waals surface area contributed by atoms with Crippen molar-refractivity contribution in [3.63, 3.8) is 0 Å². The molecule has 2 aromatic rings. The Bertz CT molecular complexity index is 478. The van der Waals surface area contributed by atoms with Crippen LogP contribution in [0.15, 0.2) is 48.5 Å². The van der Waals surface area contributed by atoms with Crippen LogP contribution < -0.4 is 10.9 Å². The minimum Gasteiger partial charge on any atom is -0.301 e. The maximum atomic E-state index is 3.21. The zero-order chi connectivity index (χ0) is 11.4. The van der Waals surface area contributed by atoms with E-state index in [0.717, 1.165) is 11.4 Å². The molecule has 0 radical (unpaired) electrons. The van der Waals surface area contributed by atoms with E-state index in [1.54, 1.807) is 0 Å². The second-order valence-corrected chi connectivity index (χ2v) is 3.93. The van der Waals surface area contributed by atoms with Crippen LogP contribution >= 0.6 is 0 Å². The van der Waals surface area contributed by atoms with E-state index < -0.39 is 0 Å². The van der Waals surface area contributed by atoms with Gasteiger partial charge in [0.05, 0.1) is 11.4 Å². The predicted octanol–water partition coefficient (Wildman–Crippen LogP) is 3.74. The lowest BCUT2D eigenvalue weighted by Crippen LogP contribution is -2.09. The van der Waals surface area contributed by atoms with Gasteiger partial charge in [-0.1, -0.05) is 30.3 Å². The summed E-state index contributed by atoms with van der Waals surface area (Å²) in [4.78, 5) is 0. The smallest absolute Gasteiger partial charge is 0.0569 e. The monoisotopic (exact) mass is 212 g/mol. The number of hydrogen-bond acceptors (Lipinski definition) is 2. The summed E-state index contributed by atoms with van der Waals surface area (Å²) in [5.41, 5.74) is 11.0. The van der Waals surface area contributed by atoms with Crippen molar-refractivity contribution in [2.75, 3.05) is 10.9 Å². The number of hydrazine groups is 1. The molecule has 0 saturated carbocycles. The first-order chi connectivity index (χ1) is 7.75. The molecule has 2 nitrogen and oxygen atoms in total. The fourth-order valence-corrected chi connectivity index (χ4v) is 1.58. The average molecular weight is 212 g/mol. The van der Waals surface area contributed by atoms with Gasteiger partial charge in [-0.3, -0.25) is 0 Å². The van der Waals surface area contributed by atoms with Gasteiger partial charge in [0.25, 0.3) is 0 Å². The maximum absolute atomic E-state index is 3.21. The summed E-state index contributed by atoms with van der Waals surface area (Å²) >= 11 is 0. The van der Waals surface area contributed by atoms with Crippen molar-refractivity contribution in [1.82, 2.24) is 0 Å². The van der Waals surface area contributed by atoms with E-state index in [0.29, 0.717) is 0 Å². The van der Waals surface area contributed by atoms with Gasteiger partial charge in [-0.05, 0) is 43.2 Å². The SMILES string of the molecule is Cc1cccc(NNc2ccccc2C)c1. The van der Waals surface area contributed by atoms with Crippen LogP contribution in [0.2, 0.25) is 0 Å². The van der Waals surface area contributed by atoms with Gasteiger partial charge < -0.3 is 10.9 Å². The Morgan fingerprint density at radius 2 is 1.62 bits per heavy atom. The summed E-state index contributed by atoms with van der Waals surface area (Å²) in [6, 6.07) is 16.5. The Labute approximate surface area is 96.3 Å². The third-order valence-corrected chi connectivity index (χ3v) is 2.50. The normalized spacial score (nSPS) is 9.88. The van der Waals surface area contributed by atoms with Gasteiger partial charge >= 0.3 is 0 Å². The highest BCUT2D eigenvalue weighted by atomic mass is 15.4. The molecule has 0 amide bonds. The van der Waals surface area contributed by atoms with Crippen molar-refractivity contribution in [1.29, 1.82) is 0 Å². The van der Waals surface area contributed by atoms with Crippen molar-refractivity contribution >= 4 is 11.4 Å². The number of benzene rings is 2. The molecule has 0 spiro atoms. The molecule has 16 heavy (non-hydrogen) atoms. The Kier molecular flexibility index (Phi) is 3.10. The summed E-state index contributed by atoms with van der Waals surface area (Å²) in [5, 5.41) is 0. The number of nitrogens with one attached hydrogen (secondary N) is 2. The van der Waals surface area contributed by atoms with Crippen molar-refractivity contribution in [2.45, 2.75) is 13.8 Å². The molecule has 2 N–H and O–H groups in total. The van der Waals surface area contributed by atoms with Crippen LogP contribution in [0.1, 0.15) is 11.1 Å². The lowest BCUT2D eigenvalue weighted by Gasteiger charge is -2.12. The standard InChI is InChI=1S/C14H16N2/c1-11-6-5-8-13(10-11)15-16-14-9-4-3-7-12(14)2/h3-10,15-16H,1-2H3. The molecule has 2 rings (SSSR count). The molecule has 2 heteroatoms. The van der Waals surface area contributed by atoms with E-state index in [9.17, 15) is 0 Å². The van der Waals surface area contributed by atoms with E-state index in [1.807, 2.05) is 24.3 Å². The van der Waals surface area contributed by atoms with Gasteiger partial charge in [-0.2, -0.15) is 0 Å². The lowest BCUT2D eigenvalue weighted by atomic mass is 10.2. The van der Waals surface area contributed by atoms with Gasteiger partial charge in [0, 0.05) is 0 Å². The van der Waals surface area contributed by atoms with Crippen LogP contribution in [0, 0.1) is 13.8 Å². The Hall–Kier alpha value is -1.96. The summed E-state index contributed by atoms with van der Waals surface area (Å²) in [6.07, 6.45) is 0. The molecule has 0 aliphatic carbocycles. The molecule has 0 aliphatic rings. The van der Waals surface area contributed by atoms with Crippen LogP contribution in [0.3, 0.4) is 0 Å². The molecule has 0 fully saturated rings. The Balaban J connectivity index is 2.05. The molecule has 0 aromatic heterocycles. The second-order valence-electron chi connectivity index (χ2n) is 3.93. The predicted molar refractivity (Wildman–Crippen MR) is 69.6 cm³/mol. The first-order valence-corrected chi connectivity index (χ1v) is 5.40. The van der Waals surface area contributed by atoms with Gasteiger partial charge in [-0.15, -0.1) is 0 Å². The molecule has 0 aliphatic heterocycles. The summed E-state index contributed by atoms with van der Waals surface area (Å²) in [7, 11) is 0. The third kappa shape index (κ3) is 2.54. The fraction of sp³-hybridized carbons (Fsp3) is 0.143. The average Bonchev–Trinajstić information content (AvgIpc) is 2.28. The van der Waals surface area contributed by atoms with Crippen LogP contribution in [-0.2, 0) is 0 Å². The first kappa shape index (κ1) is 10.6. The number of aryl methyl sites for hydroxylation is 2. The second kappa shape index (κ2) is 4.71. The summed E-state index contributed by atoms with van der Waals surface area (Å²) in [6.45, 7) is 4.17. The largest absolute Gasteiger partial charge is 0.301 e. The quantitative estimate of drug-likeness (QED) is 0.757. The molecular weight excluding hydrogens is 196 g/mol. The molecule has 0 atom stereocenters. The molecular formula is C14H16N2. The number of hydrogen-bond donors (Lipinski definition) is 2. The molecule has 82 valence electrons. The zero-order valence-corrected chi connectivity index (χ0v) is 9.62. The minimum absolute atomic E-state index is 1.07. The zero-order valence-electron chi connectivity index (χ0n) is 9.62. The van der Waals surface area contributed by atoms with Crippen molar-refractivity contribution in [2.24, 2.45) is 0 Å². The van der Waals surface area contributed by atoms with Gasteiger partial charge in [0.15, 0.2) is 0 Å². The maximum Gasteiger partial charge on any atom is 0.0569 e. The fourth-order valence-electron chi connectivity index (χ4n) is 1.58. The molecule has 0 saturated heterocycles. The van der Waals surface area contributed by atoms with E-state index >= 15 is 0 Å². The van der Waals surface area contributed by atoms with Crippen molar-refractivity contribution in [3.8, 4) is 0 Å². The molecule has 2 aromatic carbocycles. The van der Waals surface area contributed by atoms with E-state index in [1.165, 1.54) is 11.1 Å². The summed E-state index contributed by atoms with van der Waals surface area (Å²) in [5.74, 6) is 0. The minimum atomic E-state index is 1.07. The third-order valence-electron chi connectivity index (χ3n) is 2.50. The van der Waals surface area contributed by atoms with E-state index in [2.05, 4.69) is 49.0 Å². The van der Waals surface area contributed by atoms with Crippen molar-refractivity contribution < 1.29 is 0 Å². The summed E-state index contributed by atoms with van der Waals surface area (Å²) < 4.78 is 0. The Morgan fingerprint density at radius 1 is 0.812 bits per heavy atom. The highest BCUT2D eigenvalue weighted by molar-refractivity contribution is 5.56. The molecule has 0 unspecified atom stereocenters. The Morgan fingerprint density at radius 3 is 2.38 bits per heavy atom. The topological polar surface area (TPSA) is 24.1 Å². The number of anilines is 2. The van der Waals surface area contributed by atoms with Gasteiger partial charge in [0.2, 0.25) is 0 Å². The van der Waals surface area contributed by atoms with Crippen LogP contribution in [-0.4, -0.2) is 0 Å². The number of rotatable bonds is 3. The van der Waals surface area contributed by atoms with Gasteiger partial charge in [-0.25, -0.2) is 0 Å². The van der Waals surface area contributed by atoms with Crippen LogP contribution in [0.25, 0.3) is 0 Å². The highest BCUT2D eigenvalue weighted by Gasteiger charge is 1.95. The number of para-hydroxylation sites is 1. The van der Waals surface area contributed by atoms with E-state index in [-0.39, 0.29) is 0 Å². The van der Waals surface area contributed by atoms with Crippen LogP contribution in [0.5, 0.6) is 0 Å². The van der Waals surface area contributed by atoms with Crippen molar-refractivity contribution in [3.05, 3.63) is 59.7 Å². The van der Waals surface area contributed by atoms with Gasteiger partial charge in [0.1, 0.15) is 0 Å². The molecule has 0 heterocycles. The first-order valence-electron chi connectivity index (χ1n) is 5.40.